The van der Waals surface area contributed by atoms with Gasteiger partial charge in [-0.1, -0.05) is 35.9 Å². The number of carbonyl (C=O) groups excluding carboxylic acids is 1. The summed E-state index contributed by atoms with van der Waals surface area (Å²) in [6, 6.07) is 15.3. The Morgan fingerprint density at radius 3 is 2.32 bits per heavy atom. The van der Waals surface area contributed by atoms with Gasteiger partial charge in [-0.05, 0) is 48.2 Å². The average molecular weight is 359 g/mol. The van der Waals surface area contributed by atoms with E-state index in [4.69, 9.17) is 22.1 Å². The second-order valence-electron chi connectivity index (χ2n) is 6.48. The maximum atomic E-state index is 12.5. The maximum absolute atomic E-state index is 12.5. The Morgan fingerprint density at radius 1 is 1.08 bits per heavy atom. The standard InChI is InChI=1S/C20H23ClN2O2/c21-18-7-5-17(6-8-18)20(9-11-25-12-10-20)14-23-19(24)16-3-1-15(13-22)2-4-16/h1-8H,9-14,22H2,(H,23,24). The highest BCUT2D eigenvalue weighted by molar-refractivity contribution is 6.30. The zero-order chi connectivity index (χ0) is 17.7. The van der Waals surface area contributed by atoms with Gasteiger partial charge in [0, 0.05) is 42.3 Å². The van der Waals surface area contributed by atoms with Crippen molar-refractivity contribution in [3.63, 3.8) is 0 Å². The summed E-state index contributed by atoms with van der Waals surface area (Å²) < 4.78 is 5.54. The molecule has 3 N–H and O–H groups in total. The number of nitrogens with two attached hydrogens (primary N) is 1. The number of carbonyl (C=O) groups is 1. The molecule has 5 heteroatoms. The molecule has 4 nitrogen and oxygen atoms in total. The molecule has 1 fully saturated rings. The Kier molecular flexibility index (Phi) is 5.74. The van der Waals surface area contributed by atoms with Gasteiger partial charge in [-0.15, -0.1) is 0 Å². The molecular weight excluding hydrogens is 336 g/mol. The molecule has 1 heterocycles. The highest BCUT2D eigenvalue weighted by Crippen LogP contribution is 2.35. The van der Waals surface area contributed by atoms with Crippen LogP contribution >= 0.6 is 11.6 Å². The van der Waals surface area contributed by atoms with Crippen molar-refractivity contribution in [2.45, 2.75) is 24.8 Å². The summed E-state index contributed by atoms with van der Waals surface area (Å²) in [7, 11) is 0. The largest absolute Gasteiger partial charge is 0.381 e. The summed E-state index contributed by atoms with van der Waals surface area (Å²) in [5.74, 6) is -0.0663. The summed E-state index contributed by atoms with van der Waals surface area (Å²) in [6.07, 6.45) is 1.75. The molecule has 0 radical (unpaired) electrons. The second kappa shape index (κ2) is 8.00. The van der Waals surface area contributed by atoms with Gasteiger partial charge < -0.3 is 15.8 Å². The van der Waals surface area contributed by atoms with Gasteiger partial charge in [0.2, 0.25) is 0 Å². The molecule has 0 aromatic heterocycles. The van der Waals surface area contributed by atoms with Crippen molar-refractivity contribution in [2.24, 2.45) is 5.73 Å². The molecule has 1 amide bonds. The zero-order valence-corrected chi connectivity index (χ0v) is 14.9. The molecule has 1 saturated heterocycles. The molecule has 0 atom stereocenters. The molecule has 132 valence electrons. The number of hydrogen-bond donors (Lipinski definition) is 2. The minimum atomic E-state index is -0.115. The quantitative estimate of drug-likeness (QED) is 0.862. The SMILES string of the molecule is NCc1ccc(C(=O)NCC2(c3ccc(Cl)cc3)CCOCC2)cc1. The first kappa shape index (κ1) is 17.9. The third kappa shape index (κ3) is 4.21. The fourth-order valence-corrected chi connectivity index (χ4v) is 3.40. The van der Waals surface area contributed by atoms with Crippen LogP contribution in [-0.4, -0.2) is 25.7 Å². The number of rotatable bonds is 5. The Balaban J connectivity index is 1.74. The molecule has 3 rings (SSSR count). The third-order valence-corrected chi connectivity index (χ3v) is 5.20. The third-order valence-electron chi connectivity index (χ3n) is 4.95. The van der Waals surface area contributed by atoms with E-state index in [-0.39, 0.29) is 11.3 Å². The highest BCUT2D eigenvalue weighted by Gasteiger charge is 2.34. The van der Waals surface area contributed by atoms with E-state index in [1.165, 1.54) is 5.56 Å². The highest BCUT2D eigenvalue weighted by atomic mass is 35.5. The van der Waals surface area contributed by atoms with Crippen molar-refractivity contribution in [2.75, 3.05) is 19.8 Å². The zero-order valence-electron chi connectivity index (χ0n) is 14.1. The van der Waals surface area contributed by atoms with Crippen LogP contribution < -0.4 is 11.1 Å². The van der Waals surface area contributed by atoms with Crippen molar-refractivity contribution in [3.05, 3.63) is 70.2 Å². The predicted octanol–water partition coefficient (Wildman–Crippen LogP) is 3.28. The summed E-state index contributed by atoms with van der Waals surface area (Å²) in [5, 5.41) is 3.82. The summed E-state index contributed by atoms with van der Waals surface area (Å²) in [5.41, 5.74) is 8.34. The van der Waals surface area contributed by atoms with Crippen molar-refractivity contribution in [1.29, 1.82) is 0 Å². The molecule has 1 aliphatic heterocycles. The monoisotopic (exact) mass is 358 g/mol. The fraction of sp³-hybridized carbons (Fsp3) is 0.350. The van der Waals surface area contributed by atoms with E-state index >= 15 is 0 Å². The molecule has 25 heavy (non-hydrogen) atoms. The van der Waals surface area contributed by atoms with Crippen molar-refractivity contribution in [3.8, 4) is 0 Å². The van der Waals surface area contributed by atoms with Crippen LogP contribution in [0.3, 0.4) is 0 Å². The topological polar surface area (TPSA) is 64.4 Å². The fourth-order valence-electron chi connectivity index (χ4n) is 3.28. The normalized spacial score (nSPS) is 16.4. The molecule has 0 bridgehead atoms. The number of benzene rings is 2. The molecular formula is C20H23ClN2O2. The van der Waals surface area contributed by atoms with Gasteiger partial charge in [0.05, 0.1) is 0 Å². The van der Waals surface area contributed by atoms with Gasteiger partial charge in [-0.25, -0.2) is 0 Å². The Morgan fingerprint density at radius 2 is 1.72 bits per heavy atom. The minimum absolute atomic E-state index is 0.0663. The van der Waals surface area contributed by atoms with Crippen LogP contribution in [0.1, 0.15) is 34.3 Å². The number of amides is 1. The van der Waals surface area contributed by atoms with Gasteiger partial charge in [-0.2, -0.15) is 0 Å². The molecule has 0 aliphatic carbocycles. The van der Waals surface area contributed by atoms with E-state index in [2.05, 4.69) is 17.4 Å². The van der Waals surface area contributed by atoms with Gasteiger partial charge in [0.25, 0.3) is 5.91 Å². The number of halogens is 1. The van der Waals surface area contributed by atoms with Gasteiger partial charge >= 0.3 is 0 Å². The molecule has 0 spiro atoms. The predicted molar refractivity (Wildman–Crippen MR) is 99.8 cm³/mol. The lowest BCUT2D eigenvalue weighted by Gasteiger charge is -2.38. The van der Waals surface area contributed by atoms with Crippen molar-refractivity contribution < 1.29 is 9.53 Å². The lowest BCUT2D eigenvalue weighted by atomic mass is 9.74. The maximum Gasteiger partial charge on any atom is 0.251 e. The van der Waals surface area contributed by atoms with E-state index in [0.717, 1.165) is 23.4 Å². The van der Waals surface area contributed by atoms with E-state index in [1.54, 1.807) is 0 Å². The van der Waals surface area contributed by atoms with Gasteiger partial charge in [-0.3, -0.25) is 4.79 Å². The van der Waals surface area contributed by atoms with Crippen LogP contribution in [0.25, 0.3) is 0 Å². The van der Waals surface area contributed by atoms with Crippen molar-refractivity contribution in [1.82, 2.24) is 5.32 Å². The molecule has 0 saturated carbocycles. The Labute approximate surface area is 153 Å². The van der Waals surface area contributed by atoms with Crippen LogP contribution in [0.5, 0.6) is 0 Å². The summed E-state index contributed by atoms with van der Waals surface area (Å²) >= 11 is 6.02. The first-order chi connectivity index (χ1) is 12.1. The second-order valence-corrected chi connectivity index (χ2v) is 6.92. The number of nitrogens with one attached hydrogen (secondary N) is 1. The van der Waals surface area contributed by atoms with E-state index < -0.39 is 0 Å². The van der Waals surface area contributed by atoms with Crippen LogP contribution in [0.2, 0.25) is 5.02 Å². The lowest BCUT2D eigenvalue weighted by Crippen LogP contribution is -2.44. The van der Waals surface area contributed by atoms with Crippen LogP contribution in [-0.2, 0) is 16.7 Å². The van der Waals surface area contributed by atoms with E-state index in [9.17, 15) is 4.79 Å². The van der Waals surface area contributed by atoms with Gasteiger partial charge in [0.15, 0.2) is 0 Å². The molecule has 2 aromatic rings. The molecule has 0 unspecified atom stereocenters. The smallest absolute Gasteiger partial charge is 0.251 e. The lowest BCUT2D eigenvalue weighted by molar-refractivity contribution is 0.0487. The number of ether oxygens (including phenoxy) is 1. The van der Waals surface area contributed by atoms with E-state index in [1.807, 2.05) is 36.4 Å². The van der Waals surface area contributed by atoms with E-state index in [0.29, 0.717) is 31.9 Å². The average Bonchev–Trinajstić information content (AvgIpc) is 2.67. The summed E-state index contributed by atoms with van der Waals surface area (Å²) in [6.45, 7) is 2.45. The summed E-state index contributed by atoms with van der Waals surface area (Å²) in [4.78, 5) is 12.5. The first-order valence-corrected chi connectivity index (χ1v) is 8.92. The van der Waals surface area contributed by atoms with Gasteiger partial charge in [0.1, 0.15) is 0 Å². The first-order valence-electron chi connectivity index (χ1n) is 8.54. The number of hydrogen-bond acceptors (Lipinski definition) is 3. The Hall–Kier alpha value is -1.88. The minimum Gasteiger partial charge on any atom is -0.381 e. The molecule has 2 aromatic carbocycles. The van der Waals surface area contributed by atoms with Crippen LogP contribution in [0.15, 0.2) is 48.5 Å². The Bertz CT molecular complexity index is 707. The van der Waals surface area contributed by atoms with Crippen molar-refractivity contribution >= 4 is 17.5 Å². The molecule has 1 aliphatic rings. The van der Waals surface area contributed by atoms with Crippen LogP contribution in [0, 0.1) is 0 Å². The van der Waals surface area contributed by atoms with Crippen LogP contribution in [0.4, 0.5) is 0 Å².